The minimum atomic E-state index is -0.133. The van der Waals surface area contributed by atoms with Gasteiger partial charge in [-0.3, -0.25) is 4.79 Å². The number of rotatable bonds is 3. The molecule has 7 heteroatoms. The van der Waals surface area contributed by atoms with Gasteiger partial charge in [0.25, 0.3) is 5.91 Å². The number of benzene rings is 1. The molecule has 0 unspecified atom stereocenters. The number of nitrogens with zero attached hydrogens (tertiary/aromatic N) is 2. The molecular weight excluding hydrogens is 342 g/mol. The first-order chi connectivity index (χ1) is 9.72. The lowest BCUT2D eigenvalue weighted by Gasteiger charge is -2.03. The molecule has 1 aromatic carbocycles. The lowest BCUT2D eigenvalue weighted by atomic mass is 10.2. The maximum atomic E-state index is 12.0. The monoisotopic (exact) mass is 349 g/mol. The van der Waals surface area contributed by atoms with Gasteiger partial charge in [-0.05, 0) is 52.3 Å². The average molecular weight is 350 g/mol. The second-order valence-electron chi connectivity index (χ2n) is 3.88. The van der Waals surface area contributed by atoms with Crippen molar-refractivity contribution < 1.29 is 9.21 Å². The Morgan fingerprint density at radius 1 is 1.20 bits per heavy atom. The third-order valence-corrected chi connectivity index (χ3v) is 4.17. The number of nitrogens with one attached hydrogen (secondary N) is 1. The zero-order valence-electron chi connectivity index (χ0n) is 10.0. The van der Waals surface area contributed by atoms with Crippen LogP contribution in [0.3, 0.4) is 0 Å². The number of halogens is 1. The van der Waals surface area contributed by atoms with Crippen molar-refractivity contribution in [3.05, 3.63) is 51.5 Å². The highest BCUT2D eigenvalue weighted by Crippen LogP contribution is 2.24. The molecule has 0 saturated heterocycles. The fourth-order valence-corrected chi connectivity index (χ4v) is 2.91. The van der Waals surface area contributed by atoms with Crippen LogP contribution < -0.4 is 5.32 Å². The lowest BCUT2D eigenvalue weighted by Crippen LogP contribution is -2.09. The molecule has 2 aromatic heterocycles. The van der Waals surface area contributed by atoms with Gasteiger partial charge in [0.05, 0.1) is 8.66 Å². The van der Waals surface area contributed by atoms with E-state index in [1.165, 1.54) is 17.7 Å². The zero-order valence-corrected chi connectivity index (χ0v) is 12.4. The molecular formula is C13H8BrN3O2S. The molecule has 20 heavy (non-hydrogen) atoms. The van der Waals surface area contributed by atoms with Crippen LogP contribution in [0.4, 0.5) is 5.69 Å². The molecule has 0 aliphatic carbocycles. The highest BCUT2D eigenvalue weighted by atomic mass is 79.9. The molecule has 0 atom stereocenters. The Morgan fingerprint density at radius 3 is 2.60 bits per heavy atom. The first kappa shape index (κ1) is 13.0. The molecule has 100 valence electrons. The number of carbonyl (C=O) groups excluding carboxylic acids is 1. The summed E-state index contributed by atoms with van der Waals surface area (Å²) in [6.07, 6.45) is 1.28. The van der Waals surface area contributed by atoms with E-state index in [4.69, 9.17) is 4.42 Å². The van der Waals surface area contributed by atoms with Crippen molar-refractivity contribution in [3.63, 3.8) is 0 Å². The van der Waals surface area contributed by atoms with Gasteiger partial charge in [-0.2, -0.15) is 0 Å². The average Bonchev–Trinajstić information content (AvgIpc) is 3.10. The number of anilines is 1. The molecule has 0 aliphatic heterocycles. The molecule has 2 heterocycles. The molecule has 1 amide bonds. The van der Waals surface area contributed by atoms with Gasteiger partial charge in [0, 0.05) is 11.3 Å². The summed E-state index contributed by atoms with van der Waals surface area (Å²) in [5.41, 5.74) is 1.52. The second-order valence-corrected chi connectivity index (χ2v) is 6.34. The van der Waals surface area contributed by atoms with Crippen molar-refractivity contribution >= 4 is 38.9 Å². The Kier molecular flexibility index (Phi) is 3.62. The van der Waals surface area contributed by atoms with Crippen LogP contribution in [0.15, 0.2) is 51.0 Å². The van der Waals surface area contributed by atoms with Crippen molar-refractivity contribution in [1.82, 2.24) is 10.2 Å². The number of aromatic nitrogens is 2. The summed E-state index contributed by atoms with van der Waals surface area (Å²) >= 11 is 4.72. The van der Waals surface area contributed by atoms with Gasteiger partial charge in [0.15, 0.2) is 0 Å². The summed E-state index contributed by atoms with van der Waals surface area (Å²) in [4.78, 5) is 12.6. The van der Waals surface area contributed by atoms with Gasteiger partial charge in [0.2, 0.25) is 12.3 Å². The van der Waals surface area contributed by atoms with E-state index in [9.17, 15) is 4.79 Å². The van der Waals surface area contributed by atoms with E-state index in [1.807, 2.05) is 18.2 Å². The van der Waals surface area contributed by atoms with Crippen molar-refractivity contribution in [2.24, 2.45) is 0 Å². The number of thiophene rings is 1. The van der Waals surface area contributed by atoms with Crippen LogP contribution in [-0.4, -0.2) is 16.1 Å². The van der Waals surface area contributed by atoms with E-state index in [0.29, 0.717) is 16.5 Å². The number of hydrogen-bond donors (Lipinski definition) is 1. The van der Waals surface area contributed by atoms with Gasteiger partial charge in [-0.15, -0.1) is 21.5 Å². The zero-order chi connectivity index (χ0) is 13.9. The van der Waals surface area contributed by atoms with E-state index < -0.39 is 0 Å². The van der Waals surface area contributed by atoms with Gasteiger partial charge < -0.3 is 9.73 Å². The number of amides is 1. The van der Waals surface area contributed by atoms with Crippen molar-refractivity contribution in [3.8, 4) is 11.5 Å². The van der Waals surface area contributed by atoms with E-state index in [2.05, 4.69) is 31.4 Å². The van der Waals surface area contributed by atoms with E-state index in [-0.39, 0.29) is 5.91 Å². The smallest absolute Gasteiger partial charge is 0.265 e. The predicted molar refractivity (Wildman–Crippen MR) is 79.7 cm³/mol. The maximum Gasteiger partial charge on any atom is 0.265 e. The van der Waals surface area contributed by atoms with Crippen LogP contribution in [0.2, 0.25) is 0 Å². The molecule has 1 N–H and O–H groups in total. The SMILES string of the molecule is O=C(Nc1ccc(-c2nnco2)cc1)c1ccc(Br)s1. The van der Waals surface area contributed by atoms with Crippen LogP contribution in [-0.2, 0) is 0 Å². The first-order valence-corrected chi connectivity index (χ1v) is 7.26. The topological polar surface area (TPSA) is 68.0 Å². The molecule has 3 aromatic rings. The quantitative estimate of drug-likeness (QED) is 0.780. The summed E-state index contributed by atoms with van der Waals surface area (Å²) < 4.78 is 6.02. The molecule has 0 radical (unpaired) electrons. The van der Waals surface area contributed by atoms with Gasteiger partial charge >= 0.3 is 0 Å². The molecule has 0 aliphatic rings. The summed E-state index contributed by atoms with van der Waals surface area (Å²) in [5.74, 6) is 0.316. The van der Waals surface area contributed by atoms with Crippen LogP contribution in [0.5, 0.6) is 0 Å². The summed E-state index contributed by atoms with van der Waals surface area (Å²) in [6, 6.07) is 10.8. The lowest BCUT2D eigenvalue weighted by molar-refractivity contribution is 0.103. The maximum absolute atomic E-state index is 12.0. The Bertz CT molecular complexity index is 722. The molecule has 0 fully saturated rings. The standard InChI is InChI=1S/C13H8BrN3O2S/c14-11-6-5-10(20-11)12(18)16-9-3-1-8(2-4-9)13-17-15-7-19-13/h1-7H,(H,16,18). The number of hydrogen-bond acceptors (Lipinski definition) is 5. The highest BCUT2D eigenvalue weighted by Gasteiger charge is 2.09. The van der Waals surface area contributed by atoms with E-state index in [0.717, 1.165) is 9.35 Å². The predicted octanol–water partition coefficient (Wildman–Crippen LogP) is 3.81. The Labute approximate surface area is 126 Å². The fraction of sp³-hybridized carbons (Fsp3) is 0. The summed E-state index contributed by atoms with van der Waals surface area (Å²) in [7, 11) is 0. The molecule has 0 bridgehead atoms. The Hall–Kier alpha value is -1.99. The van der Waals surface area contributed by atoms with Crippen molar-refractivity contribution in [2.45, 2.75) is 0 Å². The summed E-state index contributed by atoms with van der Waals surface area (Å²) in [5, 5.41) is 10.3. The first-order valence-electron chi connectivity index (χ1n) is 5.66. The van der Waals surface area contributed by atoms with Gasteiger partial charge in [-0.25, -0.2) is 0 Å². The van der Waals surface area contributed by atoms with E-state index in [1.54, 1.807) is 18.2 Å². The van der Waals surface area contributed by atoms with Gasteiger partial charge in [0.1, 0.15) is 0 Å². The molecule has 0 saturated carbocycles. The minimum absolute atomic E-state index is 0.133. The Morgan fingerprint density at radius 2 is 2.00 bits per heavy atom. The van der Waals surface area contributed by atoms with E-state index >= 15 is 0 Å². The number of carbonyl (C=O) groups is 1. The normalized spacial score (nSPS) is 10.4. The van der Waals surface area contributed by atoms with Crippen molar-refractivity contribution in [2.75, 3.05) is 5.32 Å². The van der Waals surface area contributed by atoms with Crippen molar-refractivity contribution in [1.29, 1.82) is 0 Å². The fourth-order valence-electron chi connectivity index (χ4n) is 1.62. The van der Waals surface area contributed by atoms with Gasteiger partial charge in [-0.1, -0.05) is 0 Å². The highest BCUT2D eigenvalue weighted by molar-refractivity contribution is 9.11. The van der Waals surface area contributed by atoms with Crippen LogP contribution in [0.1, 0.15) is 9.67 Å². The van der Waals surface area contributed by atoms with Crippen LogP contribution in [0, 0.1) is 0 Å². The largest absolute Gasteiger partial charge is 0.423 e. The molecule has 0 spiro atoms. The third-order valence-electron chi connectivity index (χ3n) is 2.55. The van der Waals surface area contributed by atoms with Crippen LogP contribution in [0.25, 0.3) is 11.5 Å². The summed E-state index contributed by atoms with van der Waals surface area (Å²) in [6.45, 7) is 0. The Balaban J connectivity index is 1.74. The second kappa shape index (κ2) is 5.56. The molecule has 5 nitrogen and oxygen atoms in total. The third kappa shape index (κ3) is 2.78. The molecule has 3 rings (SSSR count). The van der Waals surface area contributed by atoms with Crippen LogP contribution >= 0.6 is 27.3 Å². The minimum Gasteiger partial charge on any atom is -0.423 e.